The van der Waals surface area contributed by atoms with Gasteiger partial charge in [0.25, 0.3) is 5.91 Å². The lowest BCUT2D eigenvalue weighted by Crippen LogP contribution is -2.34. The SMILES string of the molecule is O=C(NCC1(c2cccc(C(F)(F)F)c2)CC1)c1n[nH]c2c1CNCC2. The molecule has 2 heterocycles. The Bertz CT molecular complexity index is 839. The van der Waals surface area contributed by atoms with Crippen LogP contribution in [0.15, 0.2) is 24.3 Å². The normalized spacial score (nSPS) is 18.3. The number of hydrogen-bond acceptors (Lipinski definition) is 3. The fraction of sp³-hybridized carbons (Fsp3) is 0.444. The molecule has 2 aromatic rings. The maximum absolute atomic E-state index is 12.9. The van der Waals surface area contributed by atoms with E-state index in [0.29, 0.717) is 24.3 Å². The zero-order chi connectivity index (χ0) is 18.4. The van der Waals surface area contributed by atoms with Gasteiger partial charge in [0, 0.05) is 42.7 Å². The fourth-order valence-corrected chi connectivity index (χ4v) is 3.49. The first-order chi connectivity index (χ1) is 12.4. The number of hydrogen-bond donors (Lipinski definition) is 3. The van der Waals surface area contributed by atoms with E-state index in [1.54, 1.807) is 6.07 Å². The summed E-state index contributed by atoms with van der Waals surface area (Å²) in [6.45, 7) is 1.74. The number of rotatable bonds is 4. The van der Waals surface area contributed by atoms with Gasteiger partial charge in [0.05, 0.1) is 5.56 Å². The summed E-state index contributed by atoms with van der Waals surface area (Å²) in [6.07, 6.45) is -2.05. The van der Waals surface area contributed by atoms with Crippen LogP contribution in [-0.4, -0.2) is 29.2 Å². The van der Waals surface area contributed by atoms with Crippen molar-refractivity contribution in [3.63, 3.8) is 0 Å². The molecular formula is C18H19F3N4O. The second-order valence-electron chi connectivity index (χ2n) is 7.00. The van der Waals surface area contributed by atoms with Gasteiger partial charge < -0.3 is 10.6 Å². The van der Waals surface area contributed by atoms with E-state index in [4.69, 9.17) is 0 Å². The summed E-state index contributed by atoms with van der Waals surface area (Å²) < 4.78 is 38.8. The topological polar surface area (TPSA) is 69.8 Å². The highest BCUT2D eigenvalue weighted by Gasteiger charge is 2.45. The molecule has 138 valence electrons. The first kappa shape index (κ1) is 17.1. The van der Waals surface area contributed by atoms with Gasteiger partial charge in [-0.15, -0.1) is 0 Å². The number of carbonyl (C=O) groups excluding carboxylic acids is 1. The van der Waals surface area contributed by atoms with Crippen LogP contribution in [0, 0.1) is 0 Å². The molecule has 0 atom stereocenters. The molecule has 3 N–H and O–H groups in total. The highest BCUT2D eigenvalue weighted by molar-refractivity contribution is 5.94. The van der Waals surface area contributed by atoms with E-state index in [0.717, 1.165) is 43.1 Å². The van der Waals surface area contributed by atoms with Crippen molar-refractivity contribution < 1.29 is 18.0 Å². The second kappa shape index (κ2) is 6.12. The Hall–Kier alpha value is -2.35. The number of benzene rings is 1. The summed E-state index contributed by atoms with van der Waals surface area (Å²) in [4.78, 5) is 12.5. The third-order valence-electron chi connectivity index (χ3n) is 5.26. The molecule has 0 unspecified atom stereocenters. The van der Waals surface area contributed by atoms with Gasteiger partial charge in [-0.2, -0.15) is 18.3 Å². The van der Waals surface area contributed by atoms with Crippen molar-refractivity contribution in [2.75, 3.05) is 13.1 Å². The number of nitrogens with zero attached hydrogens (tertiary/aromatic N) is 1. The summed E-state index contributed by atoms with van der Waals surface area (Å²) in [6, 6.07) is 5.39. The van der Waals surface area contributed by atoms with Crippen LogP contribution in [0.25, 0.3) is 0 Å². The summed E-state index contributed by atoms with van der Waals surface area (Å²) in [5, 5.41) is 13.1. The number of H-pyrrole nitrogens is 1. The lowest BCUT2D eigenvalue weighted by molar-refractivity contribution is -0.137. The molecule has 1 saturated carbocycles. The van der Waals surface area contributed by atoms with Crippen LogP contribution in [0.1, 0.15) is 45.7 Å². The summed E-state index contributed by atoms with van der Waals surface area (Å²) >= 11 is 0. The van der Waals surface area contributed by atoms with Gasteiger partial charge in [0.2, 0.25) is 0 Å². The first-order valence-electron chi connectivity index (χ1n) is 8.62. The monoisotopic (exact) mass is 364 g/mol. The minimum Gasteiger partial charge on any atom is -0.350 e. The van der Waals surface area contributed by atoms with Gasteiger partial charge in [0.15, 0.2) is 5.69 Å². The molecule has 1 fully saturated rings. The molecule has 0 saturated heterocycles. The quantitative estimate of drug-likeness (QED) is 0.781. The van der Waals surface area contributed by atoms with Crippen molar-refractivity contribution in [1.29, 1.82) is 0 Å². The standard InChI is InChI=1S/C18H19F3N4O/c19-18(20,21)12-3-1-2-11(8-12)17(5-6-17)10-23-16(26)15-13-9-22-7-4-14(13)24-25-15/h1-3,8,22H,4-7,9-10H2,(H,23,26)(H,24,25). The Balaban J connectivity index is 1.48. The molecule has 0 bridgehead atoms. The minimum atomic E-state index is -4.36. The van der Waals surface area contributed by atoms with E-state index in [1.165, 1.54) is 12.1 Å². The number of alkyl halides is 3. The number of amides is 1. The van der Waals surface area contributed by atoms with Crippen LogP contribution in [0.2, 0.25) is 0 Å². The van der Waals surface area contributed by atoms with Gasteiger partial charge in [-0.1, -0.05) is 18.2 Å². The molecular weight excluding hydrogens is 345 g/mol. The molecule has 8 heteroatoms. The fourth-order valence-electron chi connectivity index (χ4n) is 3.49. The van der Waals surface area contributed by atoms with Crippen molar-refractivity contribution in [3.05, 3.63) is 52.3 Å². The van der Waals surface area contributed by atoms with Crippen LogP contribution in [-0.2, 0) is 24.6 Å². The average Bonchev–Trinajstić information content (AvgIpc) is 3.30. The third kappa shape index (κ3) is 3.09. The van der Waals surface area contributed by atoms with Crippen molar-refractivity contribution in [3.8, 4) is 0 Å². The van der Waals surface area contributed by atoms with E-state index in [1.807, 2.05) is 0 Å². The van der Waals surface area contributed by atoms with Crippen molar-refractivity contribution >= 4 is 5.91 Å². The lowest BCUT2D eigenvalue weighted by Gasteiger charge is -2.18. The number of nitrogens with one attached hydrogen (secondary N) is 3. The maximum Gasteiger partial charge on any atom is 0.416 e. The van der Waals surface area contributed by atoms with Crippen LogP contribution in [0.4, 0.5) is 13.2 Å². The lowest BCUT2D eigenvalue weighted by atomic mass is 9.94. The molecule has 5 nitrogen and oxygen atoms in total. The molecule has 1 amide bonds. The van der Waals surface area contributed by atoms with E-state index >= 15 is 0 Å². The predicted molar refractivity (Wildman–Crippen MR) is 88.7 cm³/mol. The van der Waals surface area contributed by atoms with Crippen molar-refractivity contribution in [2.24, 2.45) is 0 Å². The van der Waals surface area contributed by atoms with Gasteiger partial charge in [-0.3, -0.25) is 9.89 Å². The number of aromatic amines is 1. The molecule has 0 spiro atoms. The van der Waals surface area contributed by atoms with Gasteiger partial charge >= 0.3 is 6.18 Å². The number of halogens is 3. The predicted octanol–water partition coefficient (Wildman–Crippen LogP) is 2.54. The average molecular weight is 364 g/mol. The number of carbonyl (C=O) groups is 1. The summed E-state index contributed by atoms with van der Waals surface area (Å²) in [5.74, 6) is -0.288. The molecule has 1 aliphatic carbocycles. The van der Waals surface area contributed by atoms with Crippen LogP contribution in [0.5, 0.6) is 0 Å². The zero-order valence-corrected chi connectivity index (χ0v) is 14.0. The van der Waals surface area contributed by atoms with Crippen LogP contribution < -0.4 is 10.6 Å². The third-order valence-corrected chi connectivity index (χ3v) is 5.26. The van der Waals surface area contributed by atoms with Crippen LogP contribution >= 0.6 is 0 Å². The zero-order valence-electron chi connectivity index (χ0n) is 14.0. The molecule has 1 aliphatic heterocycles. The Kier molecular flexibility index (Phi) is 4.02. The Morgan fingerprint density at radius 1 is 1.31 bits per heavy atom. The Morgan fingerprint density at radius 2 is 2.12 bits per heavy atom. The molecule has 1 aromatic carbocycles. The molecule has 0 radical (unpaired) electrons. The molecule has 1 aromatic heterocycles. The molecule has 4 rings (SSSR count). The summed E-state index contributed by atoms with van der Waals surface area (Å²) in [7, 11) is 0. The minimum absolute atomic E-state index is 0.288. The number of aromatic nitrogens is 2. The molecule has 26 heavy (non-hydrogen) atoms. The maximum atomic E-state index is 12.9. The van der Waals surface area contributed by atoms with Gasteiger partial charge in [-0.05, 0) is 24.5 Å². The largest absolute Gasteiger partial charge is 0.416 e. The molecule has 2 aliphatic rings. The highest BCUT2D eigenvalue weighted by Crippen LogP contribution is 2.48. The van der Waals surface area contributed by atoms with Gasteiger partial charge in [-0.25, -0.2) is 0 Å². The van der Waals surface area contributed by atoms with E-state index in [-0.39, 0.29) is 5.91 Å². The van der Waals surface area contributed by atoms with E-state index in [2.05, 4.69) is 20.8 Å². The van der Waals surface area contributed by atoms with Crippen molar-refractivity contribution in [1.82, 2.24) is 20.8 Å². The Labute approximate surface area is 148 Å². The van der Waals surface area contributed by atoms with E-state index in [9.17, 15) is 18.0 Å². The summed E-state index contributed by atoms with van der Waals surface area (Å²) in [5.41, 5.74) is 1.77. The van der Waals surface area contributed by atoms with Crippen LogP contribution in [0.3, 0.4) is 0 Å². The van der Waals surface area contributed by atoms with E-state index < -0.39 is 17.2 Å². The van der Waals surface area contributed by atoms with Crippen molar-refractivity contribution in [2.45, 2.75) is 37.4 Å². The van der Waals surface area contributed by atoms with Gasteiger partial charge in [0.1, 0.15) is 0 Å². The highest BCUT2D eigenvalue weighted by atomic mass is 19.4. The number of fused-ring (bicyclic) bond motifs is 1. The second-order valence-corrected chi connectivity index (χ2v) is 7.00. The Morgan fingerprint density at radius 3 is 2.85 bits per heavy atom. The first-order valence-corrected chi connectivity index (χ1v) is 8.62. The smallest absolute Gasteiger partial charge is 0.350 e.